The van der Waals surface area contributed by atoms with Crippen LogP contribution in [0.15, 0.2) is 12.3 Å². The maximum Gasteiger partial charge on any atom is 0.311 e. The molecular formula is C13H19N3O3. The van der Waals surface area contributed by atoms with Crippen molar-refractivity contribution in [2.45, 2.75) is 33.2 Å². The number of nitrogens with zero attached hydrogens (tertiary/aromatic N) is 3. The Kier molecular flexibility index (Phi) is 3.59. The SMILES string of the molecule is CCn1ccc(C(=O)N2CCC[C@](C)(C(=O)O)C2)n1. The molecule has 1 aliphatic rings. The average Bonchev–Trinajstić information content (AvgIpc) is 2.86. The lowest BCUT2D eigenvalue weighted by Crippen LogP contribution is -2.48. The maximum atomic E-state index is 12.3. The molecule has 1 aromatic rings. The first-order chi connectivity index (χ1) is 8.96. The molecule has 1 N–H and O–H groups in total. The highest BCUT2D eigenvalue weighted by atomic mass is 16.4. The van der Waals surface area contributed by atoms with Crippen LogP contribution in [0.4, 0.5) is 0 Å². The van der Waals surface area contributed by atoms with Crippen molar-refractivity contribution in [2.75, 3.05) is 13.1 Å². The van der Waals surface area contributed by atoms with Gasteiger partial charge in [-0.1, -0.05) is 0 Å². The van der Waals surface area contributed by atoms with Crippen LogP contribution in [0.25, 0.3) is 0 Å². The van der Waals surface area contributed by atoms with Gasteiger partial charge in [0, 0.05) is 25.8 Å². The van der Waals surface area contributed by atoms with Crippen molar-refractivity contribution in [1.82, 2.24) is 14.7 Å². The monoisotopic (exact) mass is 265 g/mol. The minimum Gasteiger partial charge on any atom is -0.481 e. The highest BCUT2D eigenvalue weighted by Crippen LogP contribution is 2.30. The summed E-state index contributed by atoms with van der Waals surface area (Å²) in [6, 6.07) is 1.68. The Labute approximate surface area is 112 Å². The summed E-state index contributed by atoms with van der Waals surface area (Å²) >= 11 is 0. The van der Waals surface area contributed by atoms with Crippen molar-refractivity contribution in [2.24, 2.45) is 5.41 Å². The lowest BCUT2D eigenvalue weighted by molar-refractivity contribution is -0.150. The summed E-state index contributed by atoms with van der Waals surface area (Å²) in [5, 5.41) is 13.4. The van der Waals surface area contributed by atoms with Gasteiger partial charge >= 0.3 is 5.97 Å². The van der Waals surface area contributed by atoms with Gasteiger partial charge in [-0.15, -0.1) is 0 Å². The Balaban J connectivity index is 2.13. The van der Waals surface area contributed by atoms with Crippen molar-refractivity contribution < 1.29 is 14.7 Å². The first-order valence-corrected chi connectivity index (χ1v) is 6.52. The molecule has 2 rings (SSSR count). The summed E-state index contributed by atoms with van der Waals surface area (Å²) in [4.78, 5) is 25.2. The predicted molar refractivity (Wildman–Crippen MR) is 68.8 cm³/mol. The van der Waals surface area contributed by atoms with Gasteiger partial charge in [-0.25, -0.2) is 0 Å². The van der Waals surface area contributed by atoms with Gasteiger partial charge in [0.15, 0.2) is 0 Å². The summed E-state index contributed by atoms with van der Waals surface area (Å²) in [5.74, 6) is -1.02. The molecule has 2 heterocycles. The number of carbonyl (C=O) groups is 2. The number of likely N-dealkylation sites (tertiary alicyclic amines) is 1. The first kappa shape index (κ1) is 13.6. The van der Waals surface area contributed by atoms with E-state index < -0.39 is 11.4 Å². The number of carboxylic acid groups (broad SMARTS) is 1. The van der Waals surface area contributed by atoms with Crippen LogP contribution in [0.2, 0.25) is 0 Å². The highest BCUT2D eigenvalue weighted by molar-refractivity contribution is 5.92. The number of carbonyl (C=O) groups excluding carboxylic acids is 1. The average molecular weight is 265 g/mol. The third-order valence-corrected chi connectivity index (χ3v) is 3.68. The molecule has 19 heavy (non-hydrogen) atoms. The number of rotatable bonds is 3. The van der Waals surface area contributed by atoms with E-state index in [1.807, 2.05) is 6.92 Å². The van der Waals surface area contributed by atoms with Crippen LogP contribution in [0, 0.1) is 5.41 Å². The molecule has 0 aliphatic carbocycles. The van der Waals surface area contributed by atoms with E-state index in [4.69, 9.17) is 0 Å². The fraction of sp³-hybridized carbons (Fsp3) is 0.615. The van der Waals surface area contributed by atoms with E-state index in [2.05, 4.69) is 5.10 Å². The van der Waals surface area contributed by atoms with Crippen molar-refractivity contribution in [3.05, 3.63) is 18.0 Å². The number of piperidine rings is 1. The normalized spacial score (nSPS) is 23.4. The number of carboxylic acids is 1. The number of hydrogen-bond acceptors (Lipinski definition) is 3. The van der Waals surface area contributed by atoms with Crippen molar-refractivity contribution >= 4 is 11.9 Å². The third kappa shape index (κ3) is 2.62. The molecule has 0 unspecified atom stereocenters. The standard InChI is InChI=1S/C13H19N3O3/c1-3-16-8-5-10(14-16)11(17)15-7-4-6-13(2,9-15)12(18)19/h5,8H,3-4,6-7,9H2,1-2H3,(H,18,19)/t13-/m0/s1. The molecule has 1 aliphatic heterocycles. The second kappa shape index (κ2) is 5.03. The van der Waals surface area contributed by atoms with Gasteiger partial charge in [-0.3, -0.25) is 14.3 Å². The van der Waals surface area contributed by atoms with Crippen LogP contribution in [0.5, 0.6) is 0 Å². The Morgan fingerprint density at radius 3 is 2.84 bits per heavy atom. The summed E-state index contributed by atoms with van der Waals surface area (Å²) < 4.78 is 1.69. The molecule has 1 saturated heterocycles. The zero-order valence-corrected chi connectivity index (χ0v) is 11.3. The first-order valence-electron chi connectivity index (χ1n) is 6.52. The molecule has 0 bridgehead atoms. The van der Waals surface area contributed by atoms with E-state index >= 15 is 0 Å². The maximum absolute atomic E-state index is 12.3. The van der Waals surface area contributed by atoms with Gasteiger partial charge < -0.3 is 10.0 Å². The molecule has 1 fully saturated rings. The number of aliphatic carboxylic acids is 1. The van der Waals surface area contributed by atoms with Gasteiger partial charge in [0.05, 0.1) is 5.41 Å². The summed E-state index contributed by atoms with van der Waals surface area (Å²) in [5.41, 5.74) is -0.460. The molecule has 104 valence electrons. The minimum atomic E-state index is -0.846. The van der Waals surface area contributed by atoms with E-state index in [-0.39, 0.29) is 12.5 Å². The van der Waals surface area contributed by atoms with Gasteiger partial charge in [-0.05, 0) is 32.8 Å². The molecule has 0 aromatic carbocycles. The van der Waals surface area contributed by atoms with Crippen LogP contribution >= 0.6 is 0 Å². The molecule has 6 heteroatoms. The summed E-state index contributed by atoms with van der Waals surface area (Å²) in [7, 11) is 0. The lowest BCUT2D eigenvalue weighted by atomic mass is 9.82. The van der Waals surface area contributed by atoms with Crippen molar-refractivity contribution in [3.63, 3.8) is 0 Å². The van der Waals surface area contributed by atoms with Crippen LogP contribution in [-0.4, -0.2) is 44.8 Å². The Morgan fingerprint density at radius 2 is 2.26 bits per heavy atom. The second-order valence-corrected chi connectivity index (χ2v) is 5.25. The molecular weight excluding hydrogens is 246 g/mol. The fourth-order valence-electron chi connectivity index (χ4n) is 2.40. The zero-order valence-electron chi connectivity index (χ0n) is 11.3. The van der Waals surface area contributed by atoms with Gasteiger partial charge in [-0.2, -0.15) is 5.10 Å². The lowest BCUT2D eigenvalue weighted by Gasteiger charge is -2.37. The quantitative estimate of drug-likeness (QED) is 0.892. The number of amides is 1. The molecule has 0 spiro atoms. The van der Waals surface area contributed by atoms with E-state index in [1.54, 1.807) is 28.8 Å². The largest absolute Gasteiger partial charge is 0.481 e. The van der Waals surface area contributed by atoms with E-state index in [0.717, 1.165) is 0 Å². The van der Waals surface area contributed by atoms with Gasteiger partial charge in [0.1, 0.15) is 5.69 Å². The number of hydrogen-bond donors (Lipinski definition) is 1. The van der Waals surface area contributed by atoms with Crippen molar-refractivity contribution in [3.8, 4) is 0 Å². The van der Waals surface area contributed by atoms with Crippen LogP contribution in [-0.2, 0) is 11.3 Å². The fourth-order valence-corrected chi connectivity index (χ4v) is 2.40. The van der Waals surface area contributed by atoms with E-state index in [9.17, 15) is 14.7 Å². The Hall–Kier alpha value is -1.85. The van der Waals surface area contributed by atoms with Crippen LogP contribution in [0.1, 0.15) is 37.2 Å². The minimum absolute atomic E-state index is 0.181. The molecule has 1 amide bonds. The summed E-state index contributed by atoms with van der Waals surface area (Å²) in [6.45, 7) is 5.20. The Morgan fingerprint density at radius 1 is 1.53 bits per heavy atom. The smallest absolute Gasteiger partial charge is 0.311 e. The topological polar surface area (TPSA) is 75.4 Å². The number of aromatic nitrogens is 2. The second-order valence-electron chi connectivity index (χ2n) is 5.25. The van der Waals surface area contributed by atoms with E-state index in [0.29, 0.717) is 31.6 Å². The molecule has 6 nitrogen and oxygen atoms in total. The molecule has 1 atom stereocenters. The van der Waals surface area contributed by atoms with Crippen molar-refractivity contribution in [1.29, 1.82) is 0 Å². The summed E-state index contributed by atoms with van der Waals surface area (Å²) in [6.07, 6.45) is 3.08. The number of aryl methyl sites for hydroxylation is 1. The van der Waals surface area contributed by atoms with E-state index in [1.165, 1.54) is 0 Å². The van der Waals surface area contributed by atoms with Crippen LogP contribution < -0.4 is 0 Å². The van der Waals surface area contributed by atoms with Gasteiger partial charge in [0.2, 0.25) is 0 Å². The molecule has 1 aromatic heterocycles. The Bertz CT molecular complexity index is 497. The molecule has 0 saturated carbocycles. The third-order valence-electron chi connectivity index (χ3n) is 3.68. The highest BCUT2D eigenvalue weighted by Gasteiger charge is 2.39. The molecule has 0 radical (unpaired) electrons. The van der Waals surface area contributed by atoms with Gasteiger partial charge in [0.25, 0.3) is 5.91 Å². The zero-order chi connectivity index (χ0) is 14.0. The van der Waals surface area contributed by atoms with Crippen LogP contribution in [0.3, 0.4) is 0 Å². The predicted octanol–water partition coefficient (Wildman–Crippen LogP) is 1.23.